The molecule has 3 heteroatoms. The van der Waals surface area contributed by atoms with Crippen LogP contribution in [0.25, 0.3) is 11.1 Å². The number of halogens is 2. The maximum absolute atomic E-state index is 13.4. The molecule has 0 bridgehead atoms. The van der Waals surface area contributed by atoms with Crippen molar-refractivity contribution in [3.05, 3.63) is 95.3 Å². The van der Waals surface area contributed by atoms with Crippen molar-refractivity contribution in [3.8, 4) is 11.1 Å². The number of nitrogens with zero attached hydrogens (tertiary/aromatic N) is 1. The summed E-state index contributed by atoms with van der Waals surface area (Å²) in [7, 11) is 6.76. The average molecular weight is 412 g/mol. The lowest BCUT2D eigenvalue weighted by atomic mass is 9.79. The molecular weight excluding hydrogens is 389 g/mol. The highest BCUT2D eigenvalue weighted by Crippen LogP contribution is 2.53. The van der Waals surface area contributed by atoms with Gasteiger partial charge in [0.25, 0.3) is 0 Å². The minimum atomic E-state index is -0.189. The molecule has 0 radical (unpaired) electrons. The number of rotatable bonds is 3. The standard InChI is InChI=1S/C23H23FN.BrH/c1-25(2,3)23(16-17-12-14-18(24)15-13-17)21-10-6-4-8-19(21)20-9-5-7-11-22(20)23;/h4-15H,16H2,1-3H3;1H/q+1;/p-1. The van der Waals surface area contributed by atoms with E-state index in [4.69, 9.17) is 0 Å². The quantitative estimate of drug-likeness (QED) is 0.578. The molecule has 0 amide bonds. The molecule has 0 heterocycles. The van der Waals surface area contributed by atoms with Gasteiger partial charge in [-0.05, 0) is 28.8 Å². The molecule has 0 aromatic heterocycles. The molecule has 26 heavy (non-hydrogen) atoms. The van der Waals surface area contributed by atoms with Crippen LogP contribution in [0, 0.1) is 5.82 Å². The van der Waals surface area contributed by atoms with Crippen LogP contribution in [0.3, 0.4) is 0 Å². The van der Waals surface area contributed by atoms with Gasteiger partial charge in [-0.2, -0.15) is 0 Å². The molecule has 4 rings (SSSR count). The zero-order valence-corrected chi connectivity index (χ0v) is 16.9. The van der Waals surface area contributed by atoms with E-state index in [1.54, 1.807) is 12.1 Å². The molecule has 0 unspecified atom stereocenters. The van der Waals surface area contributed by atoms with Gasteiger partial charge in [-0.1, -0.05) is 60.7 Å². The van der Waals surface area contributed by atoms with Crippen molar-refractivity contribution in [1.29, 1.82) is 0 Å². The summed E-state index contributed by atoms with van der Waals surface area (Å²) >= 11 is 0. The van der Waals surface area contributed by atoms with Crippen molar-refractivity contribution in [1.82, 2.24) is 0 Å². The van der Waals surface area contributed by atoms with Crippen LogP contribution < -0.4 is 17.0 Å². The van der Waals surface area contributed by atoms with Gasteiger partial charge >= 0.3 is 0 Å². The van der Waals surface area contributed by atoms with Crippen LogP contribution in [-0.2, 0) is 12.0 Å². The van der Waals surface area contributed by atoms with E-state index in [2.05, 4.69) is 69.7 Å². The second-order valence-corrected chi connectivity index (χ2v) is 7.77. The first-order chi connectivity index (χ1) is 11.9. The number of hydrogen-bond donors (Lipinski definition) is 0. The van der Waals surface area contributed by atoms with Crippen molar-refractivity contribution in [3.63, 3.8) is 0 Å². The van der Waals surface area contributed by atoms with Crippen LogP contribution in [0.5, 0.6) is 0 Å². The molecule has 0 atom stereocenters. The molecule has 1 aliphatic rings. The first kappa shape index (κ1) is 18.8. The number of hydrogen-bond acceptors (Lipinski definition) is 0. The lowest BCUT2D eigenvalue weighted by Crippen LogP contribution is -3.00. The van der Waals surface area contributed by atoms with E-state index >= 15 is 0 Å². The summed E-state index contributed by atoms with van der Waals surface area (Å²) in [6.07, 6.45) is 0.838. The molecule has 0 saturated carbocycles. The fourth-order valence-corrected chi connectivity index (χ4v) is 4.35. The van der Waals surface area contributed by atoms with Crippen LogP contribution in [0.2, 0.25) is 0 Å². The zero-order chi connectivity index (χ0) is 17.7. The second kappa shape index (κ2) is 6.64. The molecule has 3 aromatic carbocycles. The summed E-state index contributed by atoms with van der Waals surface area (Å²) in [5, 5.41) is 0. The van der Waals surface area contributed by atoms with Crippen LogP contribution in [0.4, 0.5) is 4.39 Å². The third kappa shape index (κ3) is 2.70. The van der Waals surface area contributed by atoms with Gasteiger partial charge < -0.3 is 21.5 Å². The topological polar surface area (TPSA) is 0 Å². The maximum atomic E-state index is 13.4. The normalized spacial score (nSPS) is 14.3. The number of quaternary nitrogens is 1. The fraction of sp³-hybridized carbons (Fsp3) is 0.217. The lowest BCUT2D eigenvalue weighted by molar-refractivity contribution is -0.924. The predicted octanol–water partition coefficient (Wildman–Crippen LogP) is 2.00. The van der Waals surface area contributed by atoms with Crippen LogP contribution >= 0.6 is 0 Å². The molecule has 0 fully saturated rings. The van der Waals surface area contributed by atoms with E-state index < -0.39 is 0 Å². The third-order valence-corrected chi connectivity index (χ3v) is 5.55. The van der Waals surface area contributed by atoms with Crippen LogP contribution in [-0.4, -0.2) is 25.6 Å². The van der Waals surface area contributed by atoms with E-state index in [1.807, 2.05) is 12.1 Å². The van der Waals surface area contributed by atoms with E-state index in [1.165, 1.54) is 22.3 Å². The van der Waals surface area contributed by atoms with Crippen molar-refractivity contribution in [2.45, 2.75) is 12.0 Å². The lowest BCUT2D eigenvalue weighted by Gasteiger charge is -2.45. The molecule has 0 saturated heterocycles. The van der Waals surface area contributed by atoms with Gasteiger partial charge in [0, 0.05) is 17.5 Å². The van der Waals surface area contributed by atoms with Gasteiger partial charge in [0.2, 0.25) is 0 Å². The smallest absolute Gasteiger partial charge is 0.155 e. The summed E-state index contributed by atoms with van der Waals surface area (Å²) in [4.78, 5) is 0. The fourth-order valence-electron chi connectivity index (χ4n) is 4.35. The monoisotopic (exact) mass is 411 g/mol. The SMILES string of the molecule is C[N+](C)(C)C1(Cc2ccc(F)cc2)c2ccccc2-c2ccccc21.[Br-]. The Labute approximate surface area is 165 Å². The summed E-state index contributed by atoms with van der Waals surface area (Å²) in [5.41, 5.74) is 6.30. The van der Waals surface area contributed by atoms with E-state index in [0.717, 1.165) is 16.5 Å². The van der Waals surface area contributed by atoms with E-state index in [0.29, 0.717) is 0 Å². The highest BCUT2D eigenvalue weighted by atomic mass is 79.9. The third-order valence-electron chi connectivity index (χ3n) is 5.55. The van der Waals surface area contributed by atoms with Gasteiger partial charge in [0.1, 0.15) is 5.82 Å². The van der Waals surface area contributed by atoms with Crippen molar-refractivity contribution in [2.24, 2.45) is 0 Å². The summed E-state index contributed by atoms with van der Waals surface area (Å²) in [6, 6.07) is 24.4. The summed E-state index contributed by atoms with van der Waals surface area (Å²) in [5.74, 6) is -0.185. The average Bonchev–Trinajstić information content (AvgIpc) is 2.89. The molecular formula is C23H23BrFN. The molecule has 0 aliphatic heterocycles. The minimum Gasteiger partial charge on any atom is -1.00 e. The zero-order valence-electron chi connectivity index (χ0n) is 15.3. The molecule has 134 valence electrons. The molecule has 3 aromatic rings. The van der Waals surface area contributed by atoms with Gasteiger partial charge in [-0.3, -0.25) is 0 Å². The van der Waals surface area contributed by atoms with Crippen LogP contribution in [0.15, 0.2) is 72.8 Å². The van der Waals surface area contributed by atoms with Crippen LogP contribution in [0.1, 0.15) is 16.7 Å². The van der Waals surface area contributed by atoms with Gasteiger partial charge in [0.05, 0.1) is 21.1 Å². The predicted molar refractivity (Wildman–Crippen MR) is 101 cm³/mol. The summed E-state index contributed by atoms with van der Waals surface area (Å²) < 4.78 is 14.2. The second-order valence-electron chi connectivity index (χ2n) is 7.77. The highest BCUT2D eigenvalue weighted by molar-refractivity contribution is 5.80. The Balaban J connectivity index is 0.00000196. The Bertz CT molecular complexity index is 880. The molecule has 0 N–H and O–H groups in total. The van der Waals surface area contributed by atoms with Crippen molar-refractivity contribution < 1.29 is 25.9 Å². The largest absolute Gasteiger partial charge is 1.00 e. The molecule has 1 nitrogen and oxygen atoms in total. The van der Waals surface area contributed by atoms with Gasteiger partial charge in [0.15, 0.2) is 5.54 Å². The Morgan fingerprint density at radius 2 is 1.19 bits per heavy atom. The Kier molecular flexibility index (Phi) is 4.80. The highest BCUT2D eigenvalue weighted by Gasteiger charge is 2.52. The minimum absolute atomic E-state index is 0. The number of fused-ring (bicyclic) bond motifs is 3. The summed E-state index contributed by atoms with van der Waals surface area (Å²) in [6.45, 7) is 0. The maximum Gasteiger partial charge on any atom is 0.155 e. The Hall–Kier alpha value is -1.97. The van der Waals surface area contributed by atoms with Gasteiger partial charge in [-0.15, -0.1) is 0 Å². The van der Waals surface area contributed by atoms with E-state index in [-0.39, 0.29) is 28.3 Å². The first-order valence-electron chi connectivity index (χ1n) is 8.69. The number of likely N-dealkylation sites (N-methyl/N-ethyl adjacent to an activating group) is 1. The first-order valence-corrected chi connectivity index (χ1v) is 8.69. The Morgan fingerprint density at radius 1 is 0.731 bits per heavy atom. The van der Waals surface area contributed by atoms with E-state index in [9.17, 15) is 4.39 Å². The van der Waals surface area contributed by atoms with Gasteiger partial charge in [-0.25, -0.2) is 4.39 Å². The van der Waals surface area contributed by atoms with Crippen molar-refractivity contribution in [2.75, 3.05) is 21.1 Å². The number of benzene rings is 3. The van der Waals surface area contributed by atoms with Crippen molar-refractivity contribution >= 4 is 0 Å². The molecule has 1 aliphatic carbocycles. The Morgan fingerprint density at radius 3 is 1.65 bits per heavy atom. The molecule has 0 spiro atoms.